The van der Waals surface area contributed by atoms with Crippen molar-refractivity contribution in [3.63, 3.8) is 0 Å². The number of hydrogen-bond donors (Lipinski definition) is 0. The van der Waals surface area contributed by atoms with Gasteiger partial charge in [-0.05, 0) is 59.3 Å². The zero-order chi connectivity index (χ0) is 19.3. The number of piperidine rings is 1. The van der Waals surface area contributed by atoms with Crippen molar-refractivity contribution >= 4 is 18.0 Å². The first-order chi connectivity index (χ1) is 11.5. The molecule has 0 aromatic rings. The van der Waals surface area contributed by atoms with Crippen LogP contribution in [-0.2, 0) is 23.8 Å². The van der Waals surface area contributed by atoms with E-state index >= 15 is 0 Å². The van der Waals surface area contributed by atoms with Crippen LogP contribution in [-0.4, -0.2) is 55.8 Å². The van der Waals surface area contributed by atoms with E-state index in [4.69, 9.17) is 14.2 Å². The third-order valence-electron chi connectivity index (χ3n) is 4.59. The molecule has 0 spiro atoms. The van der Waals surface area contributed by atoms with Gasteiger partial charge in [-0.25, -0.2) is 4.79 Å². The smallest absolute Gasteiger partial charge is 0.410 e. The highest BCUT2D eigenvalue weighted by Gasteiger charge is 2.43. The van der Waals surface area contributed by atoms with Crippen LogP contribution in [0.4, 0.5) is 4.79 Å². The van der Waals surface area contributed by atoms with Crippen molar-refractivity contribution < 1.29 is 28.6 Å². The summed E-state index contributed by atoms with van der Waals surface area (Å²) in [4.78, 5) is 37.8. The molecule has 1 fully saturated rings. The fraction of sp³-hybridized carbons (Fsp3) is 0.833. The summed E-state index contributed by atoms with van der Waals surface area (Å²) in [6.45, 7) is 8.33. The van der Waals surface area contributed by atoms with Crippen LogP contribution in [0.25, 0.3) is 0 Å². The van der Waals surface area contributed by atoms with Gasteiger partial charge in [0.15, 0.2) is 5.41 Å². The van der Waals surface area contributed by atoms with Crippen LogP contribution in [0.3, 0.4) is 0 Å². The van der Waals surface area contributed by atoms with Crippen molar-refractivity contribution in [2.24, 2.45) is 11.3 Å². The topological polar surface area (TPSA) is 82.1 Å². The van der Waals surface area contributed by atoms with E-state index in [2.05, 4.69) is 0 Å². The molecule has 0 unspecified atom stereocenters. The first kappa shape index (κ1) is 21.3. The van der Waals surface area contributed by atoms with Gasteiger partial charge >= 0.3 is 18.0 Å². The Hall–Kier alpha value is -1.79. The third kappa shape index (κ3) is 5.90. The lowest BCUT2D eigenvalue weighted by atomic mass is 9.80. The van der Waals surface area contributed by atoms with E-state index in [9.17, 15) is 14.4 Å². The average Bonchev–Trinajstić information content (AvgIpc) is 2.56. The number of rotatable bonds is 5. The van der Waals surface area contributed by atoms with Crippen LogP contribution in [0, 0.1) is 11.3 Å². The van der Waals surface area contributed by atoms with E-state index in [0.717, 1.165) is 12.8 Å². The van der Waals surface area contributed by atoms with Crippen molar-refractivity contribution in [3.05, 3.63) is 0 Å². The highest BCUT2D eigenvalue weighted by atomic mass is 16.6. The normalized spacial score (nSPS) is 16.3. The van der Waals surface area contributed by atoms with Crippen LogP contribution in [0.2, 0.25) is 0 Å². The number of amides is 1. The summed E-state index contributed by atoms with van der Waals surface area (Å²) >= 11 is 0. The maximum absolute atomic E-state index is 12.1. The number of carbonyl (C=O) groups is 3. The highest BCUT2D eigenvalue weighted by Crippen LogP contribution is 2.32. The molecule has 0 atom stereocenters. The summed E-state index contributed by atoms with van der Waals surface area (Å²) in [5.74, 6) is -0.816. The molecule has 7 heteroatoms. The minimum absolute atomic E-state index is 0.292. The average molecular weight is 357 g/mol. The molecule has 0 aromatic heterocycles. The molecule has 0 radical (unpaired) electrons. The van der Waals surface area contributed by atoms with Crippen molar-refractivity contribution in [1.29, 1.82) is 0 Å². The number of nitrogens with zero attached hydrogens (tertiary/aromatic N) is 1. The van der Waals surface area contributed by atoms with Gasteiger partial charge in [-0.1, -0.05) is 0 Å². The first-order valence-corrected chi connectivity index (χ1v) is 8.68. The molecule has 0 saturated carbocycles. The predicted octanol–water partition coefficient (Wildman–Crippen LogP) is 2.77. The first-order valence-electron chi connectivity index (χ1n) is 8.68. The van der Waals surface area contributed by atoms with Crippen molar-refractivity contribution in [2.45, 2.75) is 59.0 Å². The molecule has 25 heavy (non-hydrogen) atoms. The predicted molar refractivity (Wildman–Crippen MR) is 91.9 cm³/mol. The van der Waals surface area contributed by atoms with E-state index in [1.165, 1.54) is 14.2 Å². The number of methoxy groups -OCH3 is 2. The SMILES string of the molecule is COC(=O)C(C)(CCC1CCN(C(=O)OC(C)(C)C)CC1)C(=O)OC. The molecule has 0 bridgehead atoms. The molecule has 1 heterocycles. The van der Waals surface area contributed by atoms with E-state index in [1.54, 1.807) is 11.8 Å². The van der Waals surface area contributed by atoms with Crippen LogP contribution in [0.15, 0.2) is 0 Å². The summed E-state index contributed by atoms with van der Waals surface area (Å²) < 4.78 is 14.9. The number of esters is 2. The molecule has 0 aromatic carbocycles. The number of likely N-dealkylation sites (tertiary alicyclic amines) is 1. The highest BCUT2D eigenvalue weighted by molar-refractivity contribution is 5.99. The minimum atomic E-state index is -1.29. The molecule has 0 aliphatic carbocycles. The van der Waals surface area contributed by atoms with Gasteiger partial charge in [0.2, 0.25) is 0 Å². The zero-order valence-electron chi connectivity index (χ0n) is 16.2. The summed E-state index contributed by atoms with van der Waals surface area (Å²) in [6.07, 6.45) is 2.40. The second-order valence-corrected chi connectivity index (χ2v) is 7.76. The van der Waals surface area contributed by atoms with E-state index < -0.39 is 23.0 Å². The van der Waals surface area contributed by atoms with Crippen LogP contribution in [0.5, 0.6) is 0 Å². The Morgan fingerprint density at radius 2 is 1.44 bits per heavy atom. The Labute approximate surface area is 150 Å². The van der Waals surface area contributed by atoms with Crippen molar-refractivity contribution in [3.8, 4) is 0 Å². The second-order valence-electron chi connectivity index (χ2n) is 7.76. The largest absolute Gasteiger partial charge is 0.468 e. The molecule has 1 saturated heterocycles. The van der Waals surface area contributed by atoms with Crippen LogP contribution >= 0.6 is 0 Å². The molecule has 1 amide bonds. The molecular weight excluding hydrogens is 326 g/mol. The van der Waals surface area contributed by atoms with Gasteiger partial charge in [0.25, 0.3) is 0 Å². The van der Waals surface area contributed by atoms with E-state index in [-0.39, 0.29) is 6.09 Å². The second kappa shape index (κ2) is 8.54. The molecule has 7 nitrogen and oxygen atoms in total. The fourth-order valence-electron chi connectivity index (χ4n) is 2.96. The quantitative estimate of drug-likeness (QED) is 0.427. The monoisotopic (exact) mass is 357 g/mol. The van der Waals surface area contributed by atoms with Gasteiger partial charge in [-0.2, -0.15) is 0 Å². The molecule has 1 aliphatic heterocycles. The lowest BCUT2D eigenvalue weighted by molar-refractivity contribution is -0.168. The molecule has 0 N–H and O–H groups in total. The van der Waals surface area contributed by atoms with Gasteiger partial charge in [0.1, 0.15) is 5.60 Å². The van der Waals surface area contributed by atoms with Gasteiger partial charge in [0, 0.05) is 13.1 Å². The maximum Gasteiger partial charge on any atom is 0.410 e. The molecule has 1 aliphatic rings. The van der Waals surface area contributed by atoms with Crippen molar-refractivity contribution in [2.75, 3.05) is 27.3 Å². The number of ether oxygens (including phenoxy) is 3. The lowest BCUT2D eigenvalue weighted by Crippen LogP contribution is -2.42. The molecular formula is C18H31NO6. The Balaban J connectivity index is 2.54. The zero-order valence-corrected chi connectivity index (χ0v) is 16.2. The van der Waals surface area contributed by atoms with Crippen LogP contribution in [0.1, 0.15) is 53.4 Å². The summed E-state index contributed by atoms with van der Waals surface area (Å²) in [7, 11) is 2.53. The van der Waals surface area contributed by atoms with E-state index in [1.807, 2.05) is 20.8 Å². The molecule has 1 rings (SSSR count). The van der Waals surface area contributed by atoms with Crippen molar-refractivity contribution in [1.82, 2.24) is 4.90 Å². The Bertz CT molecular complexity index is 472. The summed E-state index contributed by atoms with van der Waals surface area (Å²) in [5.41, 5.74) is -1.79. The maximum atomic E-state index is 12.1. The molecule has 144 valence electrons. The number of hydrogen-bond acceptors (Lipinski definition) is 6. The standard InChI is InChI=1S/C18H31NO6/c1-17(2,3)25-16(22)19-11-8-13(9-12-19)7-10-18(4,14(20)23-5)15(21)24-6/h13H,7-12H2,1-6H3. The number of carbonyl (C=O) groups excluding carboxylic acids is 3. The summed E-state index contributed by atoms with van der Waals surface area (Å²) in [6, 6.07) is 0. The van der Waals surface area contributed by atoms with E-state index in [0.29, 0.717) is 31.8 Å². The van der Waals surface area contributed by atoms with Gasteiger partial charge in [-0.15, -0.1) is 0 Å². The minimum Gasteiger partial charge on any atom is -0.468 e. The van der Waals surface area contributed by atoms with Gasteiger partial charge in [0.05, 0.1) is 14.2 Å². The Morgan fingerprint density at radius 3 is 1.84 bits per heavy atom. The summed E-state index contributed by atoms with van der Waals surface area (Å²) in [5, 5.41) is 0. The fourth-order valence-corrected chi connectivity index (χ4v) is 2.96. The van der Waals surface area contributed by atoms with Crippen LogP contribution < -0.4 is 0 Å². The Kier molecular flexibility index (Phi) is 7.26. The van der Waals surface area contributed by atoms with Gasteiger partial charge in [-0.3, -0.25) is 9.59 Å². The third-order valence-corrected chi connectivity index (χ3v) is 4.59. The Morgan fingerprint density at radius 1 is 0.960 bits per heavy atom. The van der Waals surface area contributed by atoms with Gasteiger partial charge < -0.3 is 19.1 Å². The lowest BCUT2D eigenvalue weighted by Gasteiger charge is -2.34.